The first-order valence-electron chi connectivity index (χ1n) is 9.93. The molecule has 0 aliphatic heterocycles. The maximum Gasteiger partial charge on any atom is 0.251 e. The molecule has 0 heterocycles. The van der Waals surface area contributed by atoms with Gasteiger partial charge in [0.2, 0.25) is 10.0 Å². The Labute approximate surface area is 177 Å². The van der Waals surface area contributed by atoms with Crippen molar-refractivity contribution in [2.24, 2.45) is 11.8 Å². The second-order valence-corrected chi connectivity index (χ2v) is 10.5. The number of nitrogens with zero attached hydrogens (tertiary/aromatic N) is 1. The van der Waals surface area contributed by atoms with Crippen LogP contribution < -0.4 is 9.62 Å². The number of hydrogen-bond donors (Lipinski definition) is 1. The van der Waals surface area contributed by atoms with Crippen LogP contribution in [0.4, 0.5) is 5.69 Å². The lowest BCUT2D eigenvalue weighted by Gasteiger charge is -2.24. The maximum atomic E-state index is 12.6. The molecule has 2 aromatic carbocycles. The molecular formula is C22H25ClN2O3S. The average molecular weight is 433 g/mol. The van der Waals surface area contributed by atoms with Crippen molar-refractivity contribution in [3.8, 4) is 0 Å². The number of rotatable bonds is 6. The zero-order valence-electron chi connectivity index (χ0n) is 16.3. The standard InChI is InChI=1S/C22H25ClN2O3S/c1-29(27,28)25(14-18-4-2-3-5-20(18)23)19-10-8-16(9-11-19)22(26)24-21-13-15-6-7-17(21)12-15/h2-5,8-11,15,17,21H,6-7,12-14H2,1H3,(H,24,26)/t15-,17+,21+/m0/s1. The molecule has 0 radical (unpaired) electrons. The summed E-state index contributed by atoms with van der Waals surface area (Å²) < 4.78 is 26.0. The lowest BCUT2D eigenvalue weighted by atomic mass is 9.95. The number of carbonyl (C=O) groups is 1. The van der Waals surface area contributed by atoms with E-state index in [-0.39, 0.29) is 18.5 Å². The molecule has 4 rings (SSSR count). The van der Waals surface area contributed by atoms with E-state index in [9.17, 15) is 13.2 Å². The highest BCUT2D eigenvalue weighted by molar-refractivity contribution is 7.92. The minimum atomic E-state index is -3.52. The summed E-state index contributed by atoms with van der Waals surface area (Å²) in [5.41, 5.74) is 1.77. The molecule has 29 heavy (non-hydrogen) atoms. The van der Waals surface area contributed by atoms with Crippen molar-refractivity contribution in [3.05, 3.63) is 64.7 Å². The smallest absolute Gasteiger partial charge is 0.251 e. The van der Waals surface area contributed by atoms with Gasteiger partial charge in [-0.25, -0.2) is 8.42 Å². The van der Waals surface area contributed by atoms with Gasteiger partial charge in [0.1, 0.15) is 0 Å². The highest BCUT2D eigenvalue weighted by Gasteiger charge is 2.40. The van der Waals surface area contributed by atoms with Gasteiger partial charge in [-0.2, -0.15) is 0 Å². The molecule has 5 nitrogen and oxygen atoms in total. The number of carbonyl (C=O) groups excluding carboxylic acids is 1. The summed E-state index contributed by atoms with van der Waals surface area (Å²) in [5, 5.41) is 3.68. The van der Waals surface area contributed by atoms with E-state index >= 15 is 0 Å². The fraction of sp³-hybridized carbons (Fsp3) is 0.409. The lowest BCUT2D eigenvalue weighted by Crippen LogP contribution is -2.38. The van der Waals surface area contributed by atoms with Crippen LogP contribution in [0, 0.1) is 11.8 Å². The van der Waals surface area contributed by atoms with Gasteiger partial charge >= 0.3 is 0 Å². The quantitative estimate of drug-likeness (QED) is 0.742. The zero-order chi connectivity index (χ0) is 20.6. The van der Waals surface area contributed by atoms with Gasteiger partial charge in [-0.05, 0) is 67.0 Å². The maximum absolute atomic E-state index is 12.6. The van der Waals surface area contributed by atoms with E-state index in [2.05, 4.69) is 5.32 Å². The van der Waals surface area contributed by atoms with Crippen LogP contribution >= 0.6 is 11.6 Å². The summed E-state index contributed by atoms with van der Waals surface area (Å²) in [6.45, 7) is 0.134. The first kappa shape index (κ1) is 20.2. The summed E-state index contributed by atoms with van der Waals surface area (Å²) in [6.07, 6.45) is 5.97. The van der Waals surface area contributed by atoms with Crippen LogP contribution in [-0.2, 0) is 16.6 Å². The summed E-state index contributed by atoms with van der Waals surface area (Å²) in [6, 6.07) is 14.2. The lowest BCUT2D eigenvalue weighted by molar-refractivity contribution is 0.0923. The van der Waals surface area contributed by atoms with E-state index < -0.39 is 10.0 Å². The third-order valence-corrected chi connectivity index (χ3v) is 7.65. The van der Waals surface area contributed by atoms with Crippen LogP contribution in [-0.4, -0.2) is 26.6 Å². The minimum Gasteiger partial charge on any atom is -0.349 e. The van der Waals surface area contributed by atoms with Crippen LogP contribution in [0.15, 0.2) is 48.5 Å². The number of anilines is 1. The Kier molecular flexibility index (Phi) is 5.58. The van der Waals surface area contributed by atoms with E-state index in [1.807, 2.05) is 6.07 Å². The molecule has 0 spiro atoms. The molecule has 3 atom stereocenters. The molecule has 1 N–H and O–H groups in total. The van der Waals surface area contributed by atoms with Crippen molar-refractivity contribution in [2.45, 2.75) is 38.3 Å². The molecule has 7 heteroatoms. The first-order chi connectivity index (χ1) is 13.8. The van der Waals surface area contributed by atoms with E-state index in [1.54, 1.807) is 42.5 Å². The Morgan fingerprint density at radius 3 is 2.41 bits per heavy atom. The van der Waals surface area contributed by atoms with Gasteiger partial charge in [0.25, 0.3) is 5.91 Å². The van der Waals surface area contributed by atoms with Crippen molar-refractivity contribution >= 4 is 33.2 Å². The van der Waals surface area contributed by atoms with E-state index in [4.69, 9.17) is 11.6 Å². The Balaban J connectivity index is 1.50. The van der Waals surface area contributed by atoms with Crippen LogP contribution in [0.2, 0.25) is 5.02 Å². The molecule has 2 aliphatic carbocycles. The third kappa shape index (κ3) is 4.43. The molecule has 2 fully saturated rings. The van der Waals surface area contributed by atoms with Crippen molar-refractivity contribution in [1.29, 1.82) is 0 Å². The van der Waals surface area contributed by atoms with Crippen LogP contribution in [0.3, 0.4) is 0 Å². The number of benzene rings is 2. The highest BCUT2D eigenvalue weighted by atomic mass is 35.5. The van der Waals surface area contributed by atoms with Gasteiger partial charge < -0.3 is 5.32 Å². The van der Waals surface area contributed by atoms with Gasteiger partial charge in [0.15, 0.2) is 0 Å². The van der Waals surface area contributed by atoms with Crippen LogP contribution in [0.1, 0.15) is 41.6 Å². The van der Waals surface area contributed by atoms with Gasteiger partial charge in [-0.1, -0.05) is 36.2 Å². The minimum absolute atomic E-state index is 0.0916. The van der Waals surface area contributed by atoms with Crippen LogP contribution in [0.25, 0.3) is 0 Å². The largest absolute Gasteiger partial charge is 0.349 e. The number of hydrogen-bond acceptors (Lipinski definition) is 3. The molecular weight excluding hydrogens is 408 g/mol. The monoisotopic (exact) mass is 432 g/mol. The highest BCUT2D eigenvalue weighted by Crippen LogP contribution is 2.44. The molecule has 0 unspecified atom stereocenters. The average Bonchev–Trinajstić information content (AvgIpc) is 3.30. The van der Waals surface area contributed by atoms with Crippen molar-refractivity contribution in [3.63, 3.8) is 0 Å². The Hall–Kier alpha value is -2.05. The van der Waals surface area contributed by atoms with Gasteiger partial charge in [-0.3, -0.25) is 9.10 Å². The van der Waals surface area contributed by atoms with E-state index in [0.717, 1.165) is 17.9 Å². The Morgan fingerprint density at radius 2 is 1.83 bits per heavy atom. The number of sulfonamides is 1. The van der Waals surface area contributed by atoms with Gasteiger partial charge in [0, 0.05) is 16.6 Å². The topological polar surface area (TPSA) is 66.5 Å². The summed E-state index contributed by atoms with van der Waals surface area (Å²) >= 11 is 6.21. The van der Waals surface area contributed by atoms with Crippen molar-refractivity contribution in [1.82, 2.24) is 5.32 Å². The predicted molar refractivity (Wildman–Crippen MR) is 116 cm³/mol. The summed E-state index contributed by atoms with van der Waals surface area (Å²) in [5.74, 6) is 1.28. The van der Waals surface area contributed by atoms with Crippen molar-refractivity contribution < 1.29 is 13.2 Å². The van der Waals surface area contributed by atoms with E-state index in [0.29, 0.717) is 22.2 Å². The second-order valence-electron chi connectivity index (χ2n) is 8.16. The number of halogens is 1. The molecule has 0 aromatic heterocycles. The molecule has 2 aliphatic rings. The number of fused-ring (bicyclic) bond motifs is 2. The first-order valence-corrected chi connectivity index (χ1v) is 12.2. The SMILES string of the molecule is CS(=O)(=O)N(Cc1ccccc1Cl)c1ccc(C(=O)N[C@@H]2C[C@H]3CC[C@@H]2C3)cc1. The fourth-order valence-electron chi connectivity index (χ4n) is 4.63. The zero-order valence-corrected chi connectivity index (χ0v) is 17.9. The van der Waals surface area contributed by atoms with Gasteiger partial charge in [0.05, 0.1) is 18.5 Å². The van der Waals surface area contributed by atoms with Crippen LogP contribution in [0.5, 0.6) is 0 Å². The Morgan fingerprint density at radius 1 is 1.10 bits per heavy atom. The normalized spacial score (nSPS) is 23.2. The van der Waals surface area contributed by atoms with E-state index in [1.165, 1.54) is 29.8 Å². The third-order valence-electron chi connectivity index (χ3n) is 6.14. The molecule has 1 amide bonds. The molecule has 154 valence electrons. The fourth-order valence-corrected chi connectivity index (χ4v) is 5.71. The molecule has 2 saturated carbocycles. The second kappa shape index (κ2) is 8.00. The molecule has 2 aromatic rings. The molecule has 0 saturated heterocycles. The van der Waals surface area contributed by atoms with Crippen molar-refractivity contribution in [2.75, 3.05) is 10.6 Å². The predicted octanol–water partition coefficient (Wildman–Crippen LogP) is 4.22. The number of amides is 1. The number of nitrogens with one attached hydrogen (secondary N) is 1. The summed E-state index contributed by atoms with van der Waals surface area (Å²) in [4.78, 5) is 12.6. The molecule has 2 bridgehead atoms. The Bertz CT molecular complexity index is 1010. The van der Waals surface area contributed by atoms with Gasteiger partial charge in [-0.15, -0.1) is 0 Å². The summed E-state index contributed by atoms with van der Waals surface area (Å²) in [7, 11) is -3.52.